The molecule has 0 saturated carbocycles. The van der Waals surface area contributed by atoms with E-state index < -0.39 is 0 Å². The number of benzene rings is 1. The lowest BCUT2D eigenvalue weighted by molar-refractivity contribution is 0.252. The molecule has 2 N–H and O–H groups in total. The first-order valence-corrected chi connectivity index (χ1v) is 9.01. The number of carbonyl (C=O) groups is 1. The second kappa shape index (κ2) is 6.75. The Hall–Kier alpha value is -3.35. The van der Waals surface area contributed by atoms with Gasteiger partial charge in [0.25, 0.3) is 0 Å². The van der Waals surface area contributed by atoms with Crippen molar-refractivity contribution in [2.24, 2.45) is 0 Å². The number of nitrogens with one attached hydrogen (secondary N) is 2. The number of fused-ring (bicyclic) bond motifs is 3. The van der Waals surface area contributed by atoms with Gasteiger partial charge in [0.15, 0.2) is 5.65 Å². The van der Waals surface area contributed by atoms with E-state index in [1.54, 1.807) is 0 Å². The highest BCUT2D eigenvalue weighted by molar-refractivity contribution is 5.89. The Bertz CT molecular complexity index is 1140. The lowest BCUT2D eigenvalue weighted by atomic mass is 10.2. The molecule has 0 aliphatic carbocycles. The molecule has 3 aromatic heterocycles. The molecule has 0 aliphatic heterocycles. The SMILES string of the molecule is CCNC(=O)Nc1cccc(Cn2c(C)cc3c2ccc2nnc(C)n23)c1. The Morgan fingerprint density at radius 1 is 1.07 bits per heavy atom. The van der Waals surface area contributed by atoms with Crippen LogP contribution in [0.1, 0.15) is 24.0 Å². The van der Waals surface area contributed by atoms with Crippen LogP contribution in [0.4, 0.5) is 10.5 Å². The quantitative estimate of drug-likeness (QED) is 0.583. The van der Waals surface area contributed by atoms with Crippen LogP contribution in [-0.4, -0.2) is 31.7 Å². The molecule has 0 bridgehead atoms. The average Bonchev–Trinajstić information content (AvgIpc) is 3.16. The summed E-state index contributed by atoms with van der Waals surface area (Å²) >= 11 is 0. The predicted octanol–water partition coefficient (Wildman–Crippen LogP) is 3.49. The van der Waals surface area contributed by atoms with E-state index in [1.807, 2.05) is 38.1 Å². The molecule has 138 valence electrons. The van der Waals surface area contributed by atoms with Crippen molar-refractivity contribution in [3.05, 3.63) is 59.5 Å². The van der Waals surface area contributed by atoms with E-state index in [0.29, 0.717) is 13.1 Å². The number of aryl methyl sites for hydroxylation is 2. The van der Waals surface area contributed by atoms with Crippen LogP contribution >= 0.6 is 0 Å². The maximum atomic E-state index is 11.8. The highest BCUT2D eigenvalue weighted by Gasteiger charge is 2.12. The van der Waals surface area contributed by atoms with Gasteiger partial charge in [0.2, 0.25) is 0 Å². The van der Waals surface area contributed by atoms with E-state index in [0.717, 1.165) is 39.4 Å². The van der Waals surface area contributed by atoms with Gasteiger partial charge in [0, 0.05) is 24.5 Å². The number of rotatable bonds is 4. The van der Waals surface area contributed by atoms with Gasteiger partial charge in [0.1, 0.15) is 5.82 Å². The van der Waals surface area contributed by atoms with Crippen molar-refractivity contribution in [2.75, 3.05) is 11.9 Å². The third kappa shape index (κ3) is 3.12. The van der Waals surface area contributed by atoms with Crippen molar-refractivity contribution in [1.29, 1.82) is 0 Å². The Kier molecular flexibility index (Phi) is 4.27. The first-order valence-electron chi connectivity index (χ1n) is 9.01. The summed E-state index contributed by atoms with van der Waals surface area (Å²) in [5.74, 6) is 0.876. The molecule has 0 spiro atoms. The molecule has 1 aromatic carbocycles. The average molecular weight is 362 g/mol. The number of amides is 2. The molecular weight excluding hydrogens is 340 g/mol. The molecular formula is C20H22N6O. The Morgan fingerprint density at radius 3 is 2.74 bits per heavy atom. The first-order chi connectivity index (χ1) is 13.1. The summed E-state index contributed by atoms with van der Waals surface area (Å²) in [5, 5.41) is 14.0. The Morgan fingerprint density at radius 2 is 1.93 bits per heavy atom. The second-order valence-corrected chi connectivity index (χ2v) is 6.60. The molecule has 7 heteroatoms. The Labute approximate surface area is 157 Å². The van der Waals surface area contributed by atoms with Gasteiger partial charge in [-0.2, -0.15) is 0 Å². The van der Waals surface area contributed by atoms with Gasteiger partial charge in [-0.3, -0.25) is 4.40 Å². The maximum Gasteiger partial charge on any atom is 0.319 e. The third-order valence-corrected chi connectivity index (χ3v) is 4.67. The largest absolute Gasteiger partial charge is 0.339 e. The monoisotopic (exact) mass is 362 g/mol. The van der Waals surface area contributed by atoms with E-state index in [-0.39, 0.29) is 6.03 Å². The number of aromatic nitrogens is 4. The van der Waals surface area contributed by atoms with Gasteiger partial charge in [0.05, 0.1) is 11.0 Å². The predicted molar refractivity (Wildman–Crippen MR) is 106 cm³/mol. The van der Waals surface area contributed by atoms with Crippen LogP contribution in [0.25, 0.3) is 16.7 Å². The van der Waals surface area contributed by atoms with E-state index in [1.165, 1.54) is 0 Å². The van der Waals surface area contributed by atoms with Gasteiger partial charge in [-0.15, -0.1) is 10.2 Å². The zero-order valence-electron chi connectivity index (χ0n) is 15.7. The summed E-state index contributed by atoms with van der Waals surface area (Å²) in [5.41, 5.74) is 6.14. The smallest absolute Gasteiger partial charge is 0.319 e. The molecule has 0 atom stereocenters. The molecule has 7 nitrogen and oxygen atoms in total. The van der Waals surface area contributed by atoms with Crippen LogP contribution < -0.4 is 10.6 Å². The standard InChI is InChI=1S/C20H22N6O/c1-4-21-20(27)22-16-7-5-6-15(11-16)12-25-13(2)10-18-17(25)8-9-19-24-23-14(3)26(18)19/h5-11H,4,12H2,1-3H3,(H2,21,22,27). The van der Waals surface area contributed by atoms with Crippen molar-refractivity contribution in [3.8, 4) is 0 Å². The van der Waals surface area contributed by atoms with Gasteiger partial charge in [-0.25, -0.2) is 4.79 Å². The fourth-order valence-corrected chi connectivity index (χ4v) is 3.45. The van der Waals surface area contributed by atoms with Crippen LogP contribution in [0.2, 0.25) is 0 Å². The maximum absolute atomic E-state index is 11.8. The summed E-state index contributed by atoms with van der Waals surface area (Å²) in [6.07, 6.45) is 0. The molecule has 3 heterocycles. The summed E-state index contributed by atoms with van der Waals surface area (Å²) in [6, 6.07) is 14.0. The second-order valence-electron chi connectivity index (χ2n) is 6.60. The van der Waals surface area contributed by atoms with Gasteiger partial charge in [-0.05, 0) is 56.7 Å². The molecule has 4 aromatic rings. The molecule has 27 heavy (non-hydrogen) atoms. The van der Waals surface area contributed by atoms with Gasteiger partial charge < -0.3 is 15.2 Å². The van der Waals surface area contributed by atoms with Crippen molar-refractivity contribution < 1.29 is 4.79 Å². The topological polar surface area (TPSA) is 76.2 Å². The zero-order chi connectivity index (χ0) is 19.0. The summed E-state index contributed by atoms with van der Waals surface area (Å²) < 4.78 is 4.34. The highest BCUT2D eigenvalue weighted by atomic mass is 16.2. The number of nitrogens with zero attached hydrogens (tertiary/aromatic N) is 4. The number of hydrogen-bond donors (Lipinski definition) is 2. The minimum atomic E-state index is -0.192. The number of hydrogen-bond acceptors (Lipinski definition) is 3. The van der Waals surface area contributed by atoms with Crippen LogP contribution in [0.15, 0.2) is 42.5 Å². The van der Waals surface area contributed by atoms with Crippen molar-refractivity contribution in [2.45, 2.75) is 27.3 Å². The first kappa shape index (κ1) is 17.1. The number of anilines is 1. The minimum absolute atomic E-state index is 0.192. The Balaban J connectivity index is 1.70. The van der Waals surface area contributed by atoms with Crippen molar-refractivity contribution >= 4 is 28.4 Å². The molecule has 0 radical (unpaired) electrons. The van der Waals surface area contributed by atoms with Crippen molar-refractivity contribution in [1.82, 2.24) is 24.5 Å². The normalized spacial score (nSPS) is 11.2. The van der Waals surface area contributed by atoms with E-state index in [9.17, 15) is 4.79 Å². The lowest BCUT2D eigenvalue weighted by Crippen LogP contribution is -2.28. The van der Waals surface area contributed by atoms with Gasteiger partial charge >= 0.3 is 6.03 Å². The molecule has 0 fully saturated rings. The van der Waals surface area contributed by atoms with Crippen LogP contribution in [0.3, 0.4) is 0 Å². The third-order valence-electron chi connectivity index (χ3n) is 4.67. The van der Waals surface area contributed by atoms with Crippen LogP contribution in [0, 0.1) is 13.8 Å². The molecule has 4 rings (SSSR count). The van der Waals surface area contributed by atoms with Crippen molar-refractivity contribution in [3.63, 3.8) is 0 Å². The fraction of sp³-hybridized carbons (Fsp3) is 0.250. The summed E-state index contributed by atoms with van der Waals surface area (Å²) in [7, 11) is 0. The molecule has 0 unspecified atom stereocenters. The zero-order valence-corrected chi connectivity index (χ0v) is 15.7. The summed E-state index contributed by atoms with van der Waals surface area (Å²) in [6.45, 7) is 7.26. The molecule has 0 saturated heterocycles. The van der Waals surface area contributed by atoms with E-state index in [4.69, 9.17) is 0 Å². The van der Waals surface area contributed by atoms with E-state index in [2.05, 4.69) is 54.9 Å². The molecule has 2 amide bonds. The van der Waals surface area contributed by atoms with E-state index >= 15 is 0 Å². The van der Waals surface area contributed by atoms with Crippen LogP contribution in [0.5, 0.6) is 0 Å². The number of pyridine rings is 1. The number of urea groups is 1. The minimum Gasteiger partial charge on any atom is -0.339 e. The fourth-order valence-electron chi connectivity index (χ4n) is 3.45. The highest BCUT2D eigenvalue weighted by Crippen LogP contribution is 2.23. The summed E-state index contributed by atoms with van der Waals surface area (Å²) in [4.78, 5) is 11.8. The number of carbonyl (C=O) groups excluding carboxylic acids is 1. The van der Waals surface area contributed by atoms with Gasteiger partial charge in [-0.1, -0.05) is 12.1 Å². The lowest BCUT2D eigenvalue weighted by Gasteiger charge is -2.11. The molecule has 0 aliphatic rings. The van der Waals surface area contributed by atoms with Crippen LogP contribution in [-0.2, 0) is 6.54 Å².